The Kier molecular flexibility index (Phi) is 5.87. The van der Waals surface area contributed by atoms with Crippen LogP contribution in [0.2, 0.25) is 5.02 Å². The molecule has 4 aromatic rings. The number of amides is 1. The van der Waals surface area contributed by atoms with Gasteiger partial charge in [0.05, 0.1) is 10.6 Å². The summed E-state index contributed by atoms with van der Waals surface area (Å²) in [7, 11) is 0. The molecule has 0 aliphatic heterocycles. The molecule has 0 aliphatic carbocycles. The number of hydrogen-bond acceptors (Lipinski definition) is 3. The van der Waals surface area contributed by atoms with Gasteiger partial charge in [0.15, 0.2) is 5.82 Å². The van der Waals surface area contributed by atoms with E-state index in [2.05, 4.69) is 10.3 Å². The van der Waals surface area contributed by atoms with E-state index in [1.54, 1.807) is 42.5 Å². The van der Waals surface area contributed by atoms with E-state index in [4.69, 9.17) is 16.3 Å². The maximum atomic E-state index is 12.9. The Bertz CT molecular complexity index is 1260. The zero-order valence-corrected chi connectivity index (χ0v) is 17.1. The second-order valence-electron chi connectivity index (χ2n) is 6.69. The Morgan fingerprint density at radius 3 is 2.44 bits per heavy atom. The summed E-state index contributed by atoms with van der Waals surface area (Å²) < 4.78 is 45.7. The van der Waals surface area contributed by atoms with E-state index in [0.717, 1.165) is 6.07 Å². The number of pyridine rings is 1. The van der Waals surface area contributed by atoms with Gasteiger partial charge in [-0.25, -0.2) is 4.98 Å². The summed E-state index contributed by atoms with van der Waals surface area (Å²) in [5.74, 6) is 0.685. The Balaban J connectivity index is 1.55. The number of alkyl halides is 3. The number of halogens is 4. The number of hydrogen-bond donors (Lipinski definition) is 1. The first kappa shape index (κ1) is 21.5. The Labute approximate surface area is 186 Å². The topological polar surface area (TPSA) is 56.1 Å². The van der Waals surface area contributed by atoms with Crippen LogP contribution in [0, 0.1) is 0 Å². The number of nitrogens with zero attached hydrogens (tertiary/aromatic N) is 2. The van der Waals surface area contributed by atoms with Crippen LogP contribution in [0.1, 0.15) is 16.1 Å². The quantitative estimate of drug-likeness (QED) is 0.368. The molecule has 0 saturated heterocycles. The third-order valence-corrected chi connectivity index (χ3v) is 4.71. The SMILES string of the molecule is O=C(Nc1cccc(Oc2ccccc2)c1)c1cccn1-c1ncc(C(F)(F)F)cc1Cl. The molecule has 0 unspecified atom stereocenters. The lowest BCUT2D eigenvalue weighted by atomic mass is 10.2. The molecule has 0 aliphatic rings. The first-order valence-corrected chi connectivity index (χ1v) is 9.74. The van der Waals surface area contributed by atoms with Crippen molar-refractivity contribution in [2.24, 2.45) is 0 Å². The van der Waals surface area contributed by atoms with Crippen LogP contribution in [-0.4, -0.2) is 15.5 Å². The molecule has 0 radical (unpaired) electrons. The van der Waals surface area contributed by atoms with Gasteiger partial charge in [-0.15, -0.1) is 0 Å². The summed E-state index contributed by atoms with van der Waals surface area (Å²) in [6.07, 6.45) is -2.41. The molecule has 2 heterocycles. The third kappa shape index (κ3) is 4.76. The number of carbonyl (C=O) groups excluding carboxylic acids is 1. The normalized spacial score (nSPS) is 11.2. The minimum Gasteiger partial charge on any atom is -0.457 e. The summed E-state index contributed by atoms with van der Waals surface area (Å²) in [6, 6.07) is 19.8. The lowest BCUT2D eigenvalue weighted by Crippen LogP contribution is -2.17. The van der Waals surface area contributed by atoms with Crippen molar-refractivity contribution in [2.75, 3.05) is 5.32 Å². The summed E-state index contributed by atoms with van der Waals surface area (Å²) in [6.45, 7) is 0. The fourth-order valence-corrected chi connectivity index (χ4v) is 3.23. The average Bonchev–Trinajstić information content (AvgIpc) is 3.24. The highest BCUT2D eigenvalue weighted by atomic mass is 35.5. The van der Waals surface area contributed by atoms with E-state index in [1.807, 2.05) is 18.2 Å². The van der Waals surface area contributed by atoms with Gasteiger partial charge in [-0.2, -0.15) is 13.2 Å². The summed E-state index contributed by atoms with van der Waals surface area (Å²) >= 11 is 6.03. The smallest absolute Gasteiger partial charge is 0.417 e. The number of benzene rings is 2. The van der Waals surface area contributed by atoms with Gasteiger partial charge in [-0.05, 0) is 42.5 Å². The molecule has 5 nitrogen and oxygen atoms in total. The lowest BCUT2D eigenvalue weighted by molar-refractivity contribution is -0.137. The van der Waals surface area contributed by atoms with E-state index in [-0.39, 0.29) is 16.5 Å². The first-order valence-electron chi connectivity index (χ1n) is 9.36. The monoisotopic (exact) mass is 457 g/mol. The second-order valence-corrected chi connectivity index (χ2v) is 7.09. The van der Waals surface area contributed by atoms with Crippen LogP contribution < -0.4 is 10.1 Å². The fraction of sp³-hybridized carbons (Fsp3) is 0.0435. The van der Waals surface area contributed by atoms with Crippen molar-refractivity contribution in [3.8, 4) is 17.3 Å². The van der Waals surface area contributed by atoms with Gasteiger partial charge in [0.1, 0.15) is 17.2 Å². The van der Waals surface area contributed by atoms with Crippen LogP contribution in [0.15, 0.2) is 85.2 Å². The molecule has 1 amide bonds. The minimum absolute atomic E-state index is 0.0102. The van der Waals surface area contributed by atoms with Gasteiger partial charge >= 0.3 is 6.18 Å². The number of para-hydroxylation sites is 1. The maximum absolute atomic E-state index is 12.9. The van der Waals surface area contributed by atoms with Crippen molar-refractivity contribution >= 4 is 23.2 Å². The van der Waals surface area contributed by atoms with E-state index in [1.165, 1.54) is 16.8 Å². The third-order valence-electron chi connectivity index (χ3n) is 4.43. The number of anilines is 1. The average molecular weight is 458 g/mol. The van der Waals surface area contributed by atoms with E-state index >= 15 is 0 Å². The second kappa shape index (κ2) is 8.76. The Morgan fingerprint density at radius 2 is 1.72 bits per heavy atom. The number of rotatable bonds is 5. The highest BCUT2D eigenvalue weighted by Crippen LogP contribution is 2.32. The highest BCUT2D eigenvalue weighted by molar-refractivity contribution is 6.32. The molecule has 9 heteroatoms. The zero-order valence-electron chi connectivity index (χ0n) is 16.3. The molecule has 32 heavy (non-hydrogen) atoms. The van der Waals surface area contributed by atoms with Gasteiger partial charge in [-0.1, -0.05) is 35.9 Å². The molecule has 4 rings (SSSR count). The summed E-state index contributed by atoms with van der Waals surface area (Å²) in [5.41, 5.74) is -0.351. The van der Waals surface area contributed by atoms with Crippen molar-refractivity contribution in [3.05, 3.63) is 101 Å². The van der Waals surface area contributed by atoms with Gasteiger partial charge in [-0.3, -0.25) is 9.36 Å². The number of nitrogens with one attached hydrogen (secondary N) is 1. The molecule has 2 aromatic carbocycles. The lowest BCUT2D eigenvalue weighted by Gasteiger charge is -2.13. The van der Waals surface area contributed by atoms with E-state index < -0.39 is 17.6 Å². The zero-order chi connectivity index (χ0) is 22.7. The van der Waals surface area contributed by atoms with Crippen LogP contribution in [-0.2, 0) is 6.18 Å². The molecule has 0 fully saturated rings. The highest BCUT2D eigenvalue weighted by Gasteiger charge is 2.32. The van der Waals surface area contributed by atoms with Crippen molar-refractivity contribution in [1.82, 2.24) is 9.55 Å². The molecular formula is C23H15ClF3N3O2. The van der Waals surface area contributed by atoms with Crippen LogP contribution in [0.4, 0.5) is 18.9 Å². The van der Waals surface area contributed by atoms with Crippen molar-refractivity contribution in [3.63, 3.8) is 0 Å². The van der Waals surface area contributed by atoms with Crippen molar-refractivity contribution in [2.45, 2.75) is 6.18 Å². The molecule has 0 atom stereocenters. The predicted octanol–water partition coefficient (Wildman–Crippen LogP) is 6.59. The number of carbonyl (C=O) groups is 1. The van der Waals surface area contributed by atoms with Crippen molar-refractivity contribution < 1.29 is 22.7 Å². The number of aromatic nitrogens is 2. The first-order chi connectivity index (χ1) is 15.3. The molecule has 2 aromatic heterocycles. The molecule has 0 bridgehead atoms. The molecule has 0 spiro atoms. The summed E-state index contributed by atoms with van der Waals surface area (Å²) in [4.78, 5) is 16.7. The summed E-state index contributed by atoms with van der Waals surface area (Å²) in [5, 5.41) is 2.51. The fourth-order valence-electron chi connectivity index (χ4n) is 2.97. The largest absolute Gasteiger partial charge is 0.457 e. The Morgan fingerprint density at radius 1 is 0.969 bits per heavy atom. The van der Waals surface area contributed by atoms with Gasteiger partial charge in [0.2, 0.25) is 0 Å². The van der Waals surface area contributed by atoms with Gasteiger partial charge in [0, 0.05) is 24.1 Å². The van der Waals surface area contributed by atoms with E-state index in [0.29, 0.717) is 23.4 Å². The van der Waals surface area contributed by atoms with Crippen LogP contribution in [0.25, 0.3) is 5.82 Å². The molecule has 0 saturated carbocycles. The standard InChI is InChI=1S/C23H15ClF3N3O2/c24-19-12-15(23(25,26)27)14-28-21(19)30-11-5-10-20(30)22(31)29-16-6-4-9-18(13-16)32-17-7-2-1-3-8-17/h1-14H,(H,29,31). The minimum atomic E-state index is -4.57. The molecule has 1 N–H and O–H groups in total. The molecule has 162 valence electrons. The van der Waals surface area contributed by atoms with Gasteiger partial charge in [0.25, 0.3) is 5.91 Å². The van der Waals surface area contributed by atoms with Crippen LogP contribution >= 0.6 is 11.6 Å². The van der Waals surface area contributed by atoms with Gasteiger partial charge < -0.3 is 10.1 Å². The maximum Gasteiger partial charge on any atom is 0.417 e. The Hall–Kier alpha value is -3.78. The predicted molar refractivity (Wildman–Crippen MR) is 114 cm³/mol. The number of ether oxygens (including phenoxy) is 1. The van der Waals surface area contributed by atoms with Crippen LogP contribution in [0.3, 0.4) is 0 Å². The van der Waals surface area contributed by atoms with E-state index in [9.17, 15) is 18.0 Å². The van der Waals surface area contributed by atoms with Crippen LogP contribution in [0.5, 0.6) is 11.5 Å². The molecular weight excluding hydrogens is 443 g/mol. The van der Waals surface area contributed by atoms with Crippen molar-refractivity contribution in [1.29, 1.82) is 0 Å².